The van der Waals surface area contributed by atoms with Gasteiger partial charge in [-0.2, -0.15) is 5.10 Å². The Bertz CT molecular complexity index is 882. The Morgan fingerprint density at radius 3 is 2.58 bits per heavy atom. The van der Waals surface area contributed by atoms with Crippen molar-refractivity contribution in [1.82, 2.24) is 19.7 Å². The summed E-state index contributed by atoms with van der Waals surface area (Å²) in [6.07, 6.45) is 4.63. The summed E-state index contributed by atoms with van der Waals surface area (Å²) in [5.74, 6) is -0.0947. The van der Waals surface area contributed by atoms with Gasteiger partial charge in [0.1, 0.15) is 24.9 Å². The Balaban J connectivity index is 1.60. The first-order chi connectivity index (χ1) is 12.6. The second kappa shape index (κ2) is 7.20. The van der Waals surface area contributed by atoms with Crippen molar-refractivity contribution < 1.29 is 14.2 Å². The van der Waals surface area contributed by atoms with Crippen LogP contribution in [0.1, 0.15) is 5.56 Å². The molecule has 1 saturated heterocycles. The summed E-state index contributed by atoms with van der Waals surface area (Å²) in [6, 6.07) is 8.60. The third kappa shape index (κ3) is 3.52. The van der Waals surface area contributed by atoms with Crippen molar-refractivity contribution in [2.75, 3.05) is 13.2 Å². The maximum Gasteiger partial charge on any atom is 0.220 e. The zero-order chi connectivity index (χ0) is 18.0. The van der Waals surface area contributed by atoms with Gasteiger partial charge in [0, 0.05) is 17.3 Å². The van der Waals surface area contributed by atoms with E-state index in [-0.39, 0.29) is 0 Å². The fourth-order valence-electron chi connectivity index (χ4n) is 2.69. The van der Waals surface area contributed by atoms with E-state index in [0.29, 0.717) is 47.0 Å². The molecule has 0 radical (unpaired) electrons. The molecule has 0 atom stereocenters. The summed E-state index contributed by atoms with van der Waals surface area (Å²) in [5, 5.41) is 5.16. The summed E-state index contributed by atoms with van der Waals surface area (Å²) in [5.41, 5.74) is 0.607. The maximum absolute atomic E-state index is 6.48. The Morgan fingerprint density at radius 2 is 1.92 bits per heavy atom. The lowest BCUT2D eigenvalue weighted by Crippen LogP contribution is -2.33. The van der Waals surface area contributed by atoms with E-state index in [0.717, 1.165) is 0 Å². The average Bonchev–Trinajstić information content (AvgIpc) is 3.30. The molecule has 0 spiro atoms. The molecular formula is C17H14Cl2N4O3. The molecule has 7 nitrogen and oxygen atoms in total. The highest BCUT2D eigenvalue weighted by atomic mass is 35.5. The molecule has 26 heavy (non-hydrogen) atoms. The number of ether oxygens (including phenoxy) is 3. The molecule has 1 aliphatic heterocycles. The molecule has 0 amide bonds. The SMILES string of the molecule is Clc1ccc(Oc2cc(Cl)c(C3(Cn4cncn4)OCCO3)cn2)cc1. The number of rotatable bonds is 5. The van der Waals surface area contributed by atoms with Gasteiger partial charge in [0.15, 0.2) is 0 Å². The monoisotopic (exact) mass is 392 g/mol. The Morgan fingerprint density at radius 1 is 1.15 bits per heavy atom. The molecule has 0 N–H and O–H groups in total. The van der Waals surface area contributed by atoms with Crippen LogP contribution in [0.4, 0.5) is 0 Å². The quantitative estimate of drug-likeness (QED) is 0.659. The molecule has 0 aliphatic carbocycles. The van der Waals surface area contributed by atoms with Crippen LogP contribution in [0.2, 0.25) is 10.0 Å². The predicted octanol–water partition coefficient (Wildman–Crippen LogP) is 3.67. The molecule has 1 fully saturated rings. The maximum atomic E-state index is 6.48. The highest BCUT2D eigenvalue weighted by Gasteiger charge is 2.41. The second-order valence-corrected chi connectivity index (χ2v) is 6.44. The van der Waals surface area contributed by atoms with E-state index < -0.39 is 5.79 Å². The van der Waals surface area contributed by atoms with Crippen LogP contribution >= 0.6 is 23.2 Å². The van der Waals surface area contributed by atoms with Gasteiger partial charge in [-0.05, 0) is 24.3 Å². The summed E-state index contributed by atoms with van der Waals surface area (Å²) < 4.78 is 19.1. The molecule has 0 saturated carbocycles. The topological polar surface area (TPSA) is 71.3 Å². The lowest BCUT2D eigenvalue weighted by molar-refractivity contribution is -0.177. The fraction of sp³-hybridized carbons (Fsp3) is 0.235. The zero-order valence-electron chi connectivity index (χ0n) is 13.5. The standard InChI is InChI=1S/C17H14Cl2N4O3/c18-12-1-3-13(4-2-12)26-16-7-15(19)14(8-21-16)17(24-5-6-25-17)9-23-11-20-10-22-23/h1-4,7-8,10-11H,5-6,9H2. The number of halogens is 2. The van der Waals surface area contributed by atoms with Gasteiger partial charge in [-0.15, -0.1) is 0 Å². The summed E-state index contributed by atoms with van der Waals surface area (Å²) in [4.78, 5) is 8.27. The first kappa shape index (κ1) is 17.2. The van der Waals surface area contributed by atoms with E-state index in [2.05, 4.69) is 15.1 Å². The van der Waals surface area contributed by atoms with Crippen molar-refractivity contribution in [3.8, 4) is 11.6 Å². The van der Waals surface area contributed by atoms with E-state index in [1.165, 1.54) is 6.33 Å². The minimum atomic E-state index is -1.06. The fourth-order valence-corrected chi connectivity index (χ4v) is 3.10. The number of pyridine rings is 1. The van der Waals surface area contributed by atoms with E-state index in [9.17, 15) is 0 Å². The molecule has 0 bridgehead atoms. The van der Waals surface area contributed by atoms with Crippen LogP contribution < -0.4 is 4.74 Å². The van der Waals surface area contributed by atoms with Crippen LogP contribution in [0.15, 0.2) is 49.2 Å². The van der Waals surface area contributed by atoms with Crippen molar-refractivity contribution in [3.63, 3.8) is 0 Å². The van der Waals surface area contributed by atoms with Crippen LogP contribution in [-0.4, -0.2) is 33.0 Å². The Kier molecular flexibility index (Phi) is 4.78. The van der Waals surface area contributed by atoms with Crippen LogP contribution in [0.3, 0.4) is 0 Å². The minimum absolute atomic E-state index is 0.311. The first-order valence-corrected chi connectivity index (χ1v) is 8.60. The van der Waals surface area contributed by atoms with Gasteiger partial charge in [0.05, 0.1) is 23.8 Å². The van der Waals surface area contributed by atoms with Gasteiger partial charge in [-0.1, -0.05) is 23.2 Å². The van der Waals surface area contributed by atoms with Crippen molar-refractivity contribution in [2.45, 2.75) is 12.3 Å². The smallest absolute Gasteiger partial charge is 0.220 e. The van der Waals surface area contributed by atoms with Gasteiger partial charge in [0.2, 0.25) is 11.7 Å². The third-order valence-corrected chi connectivity index (χ3v) is 4.43. The number of hydrogen-bond donors (Lipinski definition) is 0. The molecule has 2 aromatic heterocycles. The highest BCUT2D eigenvalue weighted by Crippen LogP contribution is 2.38. The zero-order valence-corrected chi connectivity index (χ0v) is 15.0. The summed E-state index contributed by atoms with van der Waals surface area (Å²) in [7, 11) is 0. The van der Waals surface area contributed by atoms with Gasteiger partial charge < -0.3 is 14.2 Å². The number of hydrogen-bond acceptors (Lipinski definition) is 6. The molecular weight excluding hydrogens is 379 g/mol. The van der Waals surface area contributed by atoms with Gasteiger partial charge in [0.25, 0.3) is 0 Å². The van der Waals surface area contributed by atoms with Crippen molar-refractivity contribution in [2.24, 2.45) is 0 Å². The summed E-state index contributed by atoms with van der Waals surface area (Å²) in [6.45, 7) is 1.22. The molecule has 9 heteroatoms. The van der Waals surface area contributed by atoms with Crippen LogP contribution in [-0.2, 0) is 21.8 Å². The molecule has 3 heterocycles. The molecule has 0 unspecified atom stereocenters. The van der Waals surface area contributed by atoms with Gasteiger partial charge >= 0.3 is 0 Å². The number of aromatic nitrogens is 4. The highest BCUT2D eigenvalue weighted by molar-refractivity contribution is 6.31. The lowest BCUT2D eigenvalue weighted by atomic mass is 10.1. The minimum Gasteiger partial charge on any atom is -0.439 e. The van der Waals surface area contributed by atoms with Crippen LogP contribution in [0.25, 0.3) is 0 Å². The molecule has 3 aromatic rings. The van der Waals surface area contributed by atoms with E-state index in [1.807, 2.05) is 0 Å². The number of benzene rings is 1. The lowest BCUT2D eigenvalue weighted by Gasteiger charge is -2.28. The van der Waals surface area contributed by atoms with Crippen molar-refractivity contribution in [1.29, 1.82) is 0 Å². The second-order valence-electron chi connectivity index (χ2n) is 5.60. The van der Waals surface area contributed by atoms with Crippen molar-refractivity contribution in [3.05, 3.63) is 64.8 Å². The Hall–Kier alpha value is -2.19. The average molecular weight is 393 g/mol. The molecule has 1 aromatic carbocycles. The largest absolute Gasteiger partial charge is 0.439 e. The normalized spacial score (nSPS) is 15.9. The van der Waals surface area contributed by atoms with Crippen LogP contribution in [0, 0.1) is 0 Å². The number of nitrogens with zero attached hydrogens (tertiary/aromatic N) is 4. The van der Waals surface area contributed by atoms with Crippen LogP contribution in [0.5, 0.6) is 11.6 Å². The third-order valence-electron chi connectivity index (χ3n) is 3.87. The van der Waals surface area contributed by atoms with E-state index in [1.54, 1.807) is 47.5 Å². The molecule has 4 rings (SSSR count). The van der Waals surface area contributed by atoms with E-state index >= 15 is 0 Å². The van der Waals surface area contributed by atoms with E-state index in [4.69, 9.17) is 37.4 Å². The van der Waals surface area contributed by atoms with Gasteiger partial charge in [-0.3, -0.25) is 0 Å². The first-order valence-electron chi connectivity index (χ1n) is 7.84. The molecule has 134 valence electrons. The summed E-state index contributed by atoms with van der Waals surface area (Å²) >= 11 is 12.4. The molecule has 1 aliphatic rings. The predicted molar refractivity (Wildman–Crippen MR) is 94.4 cm³/mol. The Labute approximate surface area is 159 Å². The van der Waals surface area contributed by atoms with Gasteiger partial charge in [-0.25, -0.2) is 14.6 Å². The van der Waals surface area contributed by atoms with Crippen molar-refractivity contribution >= 4 is 23.2 Å².